The smallest absolute Gasteiger partial charge is 0.338 e. The molecule has 0 aromatic heterocycles. The molecule has 0 radical (unpaired) electrons. The van der Waals surface area contributed by atoms with Gasteiger partial charge in [0.05, 0.1) is 17.6 Å². The van der Waals surface area contributed by atoms with E-state index in [1.165, 1.54) is 0 Å². The first-order valence-electron chi connectivity index (χ1n) is 11.1. The fraction of sp³-hybridized carbons (Fsp3) is 0.276. The standard InChI is InChI=1S/C29H30O5/c1-27(2,3)34-28(26(32)33,19-22(20-30)21-31)29(23-13-7-4-8-14-23,24-15-9-5-10-16-24)25-17-11-6-12-18-25/h4-18,30H,19-20H2,1-3H3,(H,32,33). The molecule has 2 N–H and O–H groups in total. The molecule has 3 aromatic carbocycles. The van der Waals surface area contributed by atoms with Crippen LogP contribution in [-0.4, -0.2) is 39.9 Å². The average molecular weight is 459 g/mol. The predicted molar refractivity (Wildman–Crippen MR) is 131 cm³/mol. The van der Waals surface area contributed by atoms with Gasteiger partial charge < -0.3 is 14.9 Å². The monoisotopic (exact) mass is 458 g/mol. The lowest BCUT2D eigenvalue weighted by atomic mass is 9.57. The SMILES string of the molecule is CC(C)(C)OC(CC(=C=O)CO)(C(=O)O)C(c1ccccc1)(c1ccccc1)c1ccccc1. The average Bonchev–Trinajstić information content (AvgIpc) is 2.83. The van der Waals surface area contributed by atoms with E-state index in [4.69, 9.17) is 4.74 Å². The first kappa shape index (κ1) is 25.1. The van der Waals surface area contributed by atoms with Gasteiger partial charge in [-0.25, -0.2) is 9.59 Å². The minimum atomic E-state index is -2.01. The van der Waals surface area contributed by atoms with E-state index in [-0.39, 0.29) is 12.0 Å². The summed E-state index contributed by atoms with van der Waals surface area (Å²) in [6, 6.07) is 27.9. The number of carbonyl (C=O) groups excluding carboxylic acids is 1. The molecule has 3 rings (SSSR count). The minimum absolute atomic E-state index is 0.0844. The first-order chi connectivity index (χ1) is 16.2. The third kappa shape index (κ3) is 4.59. The van der Waals surface area contributed by atoms with Crippen molar-refractivity contribution >= 4 is 11.9 Å². The molecule has 1 atom stereocenters. The summed E-state index contributed by atoms with van der Waals surface area (Å²) in [4.78, 5) is 25.3. The molecule has 0 spiro atoms. The Morgan fingerprint density at radius 2 is 1.18 bits per heavy atom. The highest BCUT2D eigenvalue weighted by Gasteiger charge is 2.62. The summed E-state index contributed by atoms with van der Waals surface area (Å²) in [5.41, 5.74) is -2.34. The van der Waals surface area contributed by atoms with Gasteiger partial charge in [0, 0.05) is 12.0 Å². The van der Waals surface area contributed by atoms with Crippen LogP contribution in [0.3, 0.4) is 0 Å². The van der Waals surface area contributed by atoms with Crippen LogP contribution >= 0.6 is 0 Å². The van der Waals surface area contributed by atoms with Crippen molar-refractivity contribution in [3.05, 3.63) is 113 Å². The Kier molecular flexibility index (Phi) is 7.53. The maximum absolute atomic E-state index is 13.5. The van der Waals surface area contributed by atoms with E-state index in [1.807, 2.05) is 91.0 Å². The fourth-order valence-electron chi connectivity index (χ4n) is 4.74. The maximum Gasteiger partial charge on any atom is 0.338 e. The van der Waals surface area contributed by atoms with Crippen molar-refractivity contribution < 1.29 is 24.5 Å². The fourth-order valence-corrected chi connectivity index (χ4v) is 4.74. The minimum Gasteiger partial charge on any atom is -0.479 e. The second-order valence-electron chi connectivity index (χ2n) is 9.24. The first-order valence-corrected chi connectivity index (χ1v) is 11.1. The zero-order valence-electron chi connectivity index (χ0n) is 19.7. The lowest BCUT2D eigenvalue weighted by molar-refractivity contribution is -0.195. The van der Waals surface area contributed by atoms with E-state index < -0.39 is 29.2 Å². The van der Waals surface area contributed by atoms with Crippen molar-refractivity contribution in [3.8, 4) is 0 Å². The lowest BCUT2D eigenvalue weighted by Gasteiger charge is -2.51. The summed E-state index contributed by atoms with van der Waals surface area (Å²) in [5.74, 6) is 0.498. The molecule has 0 fully saturated rings. The third-order valence-corrected chi connectivity index (χ3v) is 5.85. The molecule has 0 bridgehead atoms. The summed E-state index contributed by atoms with van der Waals surface area (Å²) in [6.07, 6.45) is -0.363. The Morgan fingerprint density at radius 3 is 1.44 bits per heavy atom. The van der Waals surface area contributed by atoms with Gasteiger partial charge in [0.2, 0.25) is 0 Å². The van der Waals surface area contributed by atoms with E-state index in [2.05, 4.69) is 0 Å². The van der Waals surface area contributed by atoms with Crippen molar-refractivity contribution in [2.24, 2.45) is 0 Å². The van der Waals surface area contributed by atoms with Crippen LogP contribution in [0.15, 0.2) is 96.6 Å². The molecule has 0 aliphatic carbocycles. The van der Waals surface area contributed by atoms with Gasteiger partial charge in [-0.05, 0) is 37.5 Å². The third-order valence-electron chi connectivity index (χ3n) is 5.85. The Bertz CT molecular complexity index is 1050. The number of hydrogen-bond donors (Lipinski definition) is 2. The number of carboxylic acids is 1. The molecular weight excluding hydrogens is 428 g/mol. The van der Waals surface area contributed by atoms with Crippen LogP contribution in [-0.2, 0) is 19.7 Å². The maximum atomic E-state index is 13.5. The lowest BCUT2D eigenvalue weighted by Crippen LogP contribution is -2.62. The van der Waals surface area contributed by atoms with Crippen molar-refractivity contribution in [2.45, 2.75) is 43.8 Å². The number of carbonyl (C=O) groups is 1. The number of hydrogen-bond acceptors (Lipinski definition) is 4. The normalized spacial score (nSPS) is 13.5. The molecule has 176 valence electrons. The molecule has 0 aliphatic rings. The molecule has 0 saturated heterocycles. The van der Waals surface area contributed by atoms with Gasteiger partial charge in [-0.3, -0.25) is 0 Å². The van der Waals surface area contributed by atoms with Crippen LogP contribution in [0.5, 0.6) is 0 Å². The van der Waals surface area contributed by atoms with Crippen molar-refractivity contribution in [1.29, 1.82) is 0 Å². The number of aliphatic hydroxyl groups is 1. The Morgan fingerprint density at radius 1 is 0.794 bits per heavy atom. The van der Waals surface area contributed by atoms with Crippen LogP contribution in [0.4, 0.5) is 0 Å². The number of ether oxygens (including phenoxy) is 1. The number of aliphatic carboxylic acids is 1. The molecule has 5 heteroatoms. The molecule has 34 heavy (non-hydrogen) atoms. The Labute approximate surface area is 200 Å². The van der Waals surface area contributed by atoms with Gasteiger partial charge in [0.15, 0.2) is 5.60 Å². The van der Waals surface area contributed by atoms with Crippen molar-refractivity contribution in [1.82, 2.24) is 0 Å². The van der Waals surface area contributed by atoms with Crippen LogP contribution in [0, 0.1) is 0 Å². The zero-order chi connectivity index (χ0) is 24.8. The van der Waals surface area contributed by atoms with Crippen molar-refractivity contribution in [3.63, 3.8) is 0 Å². The van der Waals surface area contributed by atoms with Gasteiger partial charge >= 0.3 is 5.97 Å². The molecule has 0 saturated carbocycles. The Hall–Kier alpha value is -3.50. The largest absolute Gasteiger partial charge is 0.479 e. The topological polar surface area (TPSA) is 83.8 Å². The highest BCUT2D eigenvalue weighted by molar-refractivity contribution is 5.85. The van der Waals surface area contributed by atoms with Gasteiger partial charge in [0.1, 0.15) is 5.94 Å². The van der Waals surface area contributed by atoms with Gasteiger partial charge in [0.25, 0.3) is 0 Å². The Balaban J connectivity index is 2.61. The molecule has 5 nitrogen and oxygen atoms in total. The number of carboxylic acid groups (broad SMARTS) is 1. The zero-order valence-corrected chi connectivity index (χ0v) is 19.7. The highest BCUT2D eigenvalue weighted by atomic mass is 16.5. The molecule has 0 amide bonds. The van der Waals surface area contributed by atoms with Crippen LogP contribution < -0.4 is 0 Å². The van der Waals surface area contributed by atoms with Gasteiger partial charge in [-0.2, -0.15) is 0 Å². The highest BCUT2D eigenvalue weighted by Crippen LogP contribution is 2.53. The van der Waals surface area contributed by atoms with E-state index in [0.717, 1.165) is 0 Å². The van der Waals surface area contributed by atoms with Crippen molar-refractivity contribution in [2.75, 3.05) is 6.61 Å². The van der Waals surface area contributed by atoms with Crippen LogP contribution in [0.25, 0.3) is 0 Å². The molecule has 3 aromatic rings. The van der Waals surface area contributed by atoms with E-state index in [1.54, 1.807) is 26.7 Å². The van der Waals surface area contributed by atoms with E-state index in [9.17, 15) is 19.8 Å². The summed E-state index contributed by atoms with van der Waals surface area (Å²) in [5, 5.41) is 20.9. The molecule has 1 unspecified atom stereocenters. The molecular formula is C29H30O5. The molecule has 0 heterocycles. The summed E-state index contributed by atoms with van der Waals surface area (Å²) in [6.45, 7) is 4.71. The summed E-state index contributed by atoms with van der Waals surface area (Å²) >= 11 is 0. The number of aliphatic hydroxyl groups excluding tert-OH is 1. The molecule has 0 aliphatic heterocycles. The summed E-state index contributed by atoms with van der Waals surface area (Å²) < 4.78 is 6.54. The van der Waals surface area contributed by atoms with Crippen LogP contribution in [0.1, 0.15) is 43.9 Å². The predicted octanol–water partition coefficient (Wildman–Crippen LogP) is 4.80. The van der Waals surface area contributed by atoms with Crippen LogP contribution in [0.2, 0.25) is 0 Å². The van der Waals surface area contributed by atoms with Gasteiger partial charge in [-0.1, -0.05) is 91.0 Å². The van der Waals surface area contributed by atoms with E-state index >= 15 is 0 Å². The quantitative estimate of drug-likeness (QED) is 0.355. The second kappa shape index (κ2) is 10.2. The number of rotatable bonds is 9. The van der Waals surface area contributed by atoms with E-state index in [0.29, 0.717) is 16.7 Å². The summed E-state index contributed by atoms with van der Waals surface area (Å²) in [7, 11) is 0. The van der Waals surface area contributed by atoms with Gasteiger partial charge in [-0.15, -0.1) is 0 Å². The number of benzene rings is 3. The second-order valence-corrected chi connectivity index (χ2v) is 9.24.